The van der Waals surface area contributed by atoms with Crippen molar-refractivity contribution < 1.29 is 24.3 Å². The quantitative estimate of drug-likeness (QED) is 0.322. The van der Waals surface area contributed by atoms with Crippen molar-refractivity contribution in [2.45, 2.75) is 58.7 Å². The second kappa shape index (κ2) is 12.7. The first-order valence-corrected chi connectivity index (χ1v) is 10.4. The molecule has 0 radical (unpaired) electrons. The molecule has 9 nitrogen and oxygen atoms in total. The van der Waals surface area contributed by atoms with Crippen LogP contribution in [0.3, 0.4) is 0 Å². The van der Waals surface area contributed by atoms with Crippen molar-refractivity contribution >= 4 is 23.7 Å². The fraction of sp³-hybridized carbons (Fsp3) is 0.545. The van der Waals surface area contributed by atoms with E-state index in [0.717, 1.165) is 5.56 Å². The molecule has 0 saturated heterocycles. The summed E-state index contributed by atoms with van der Waals surface area (Å²) in [4.78, 5) is 48.7. The van der Waals surface area contributed by atoms with E-state index in [9.17, 15) is 19.2 Å². The maximum Gasteiger partial charge on any atom is 0.322 e. The third-order valence-corrected chi connectivity index (χ3v) is 4.64. The highest BCUT2D eigenvalue weighted by atomic mass is 16.4. The van der Waals surface area contributed by atoms with Crippen LogP contribution in [-0.4, -0.2) is 53.5 Å². The Labute approximate surface area is 183 Å². The molecule has 0 saturated carbocycles. The monoisotopic (exact) mass is 434 g/mol. The minimum Gasteiger partial charge on any atom is -0.480 e. The van der Waals surface area contributed by atoms with Gasteiger partial charge in [-0.25, -0.2) is 0 Å². The third-order valence-electron chi connectivity index (χ3n) is 4.64. The molecule has 0 heterocycles. The lowest BCUT2D eigenvalue weighted by Gasteiger charge is -2.26. The van der Waals surface area contributed by atoms with Crippen LogP contribution in [0.4, 0.5) is 0 Å². The minimum atomic E-state index is -1.18. The molecule has 3 amide bonds. The van der Waals surface area contributed by atoms with Gasteiger partial charge in [0.15, 0.2) is 0 Å². The maximum atomic E-state index is 13.0. The largest absolute Gasteiger partial charge is 0.480 e. The van der Waals surface area contributed by atoms with Gasteiger partial charge in [0, 0.05) is 6.42 Å². The van der Waals surface area contributed by atoms with Gasteiger partial charge in [-0.2, -0.15) is 0 Å². The smallest absolute Gasteiger partial charge is 0.322 e. The Hall–Kier alpha value is -2.94. The van der Waals surface area contributed by atoms with Gasteiger partial charge in [0.25, 0.3) is 0 Å². The Morgan fingerprint density at radius 2 is 1.55 bits per heavy atom. The Morgan fingerprint density at radius 3 is 2.06 bits per heavy atom. The van der Waals surface area contributed by atoms with Crippen molar-refractivity contribution in [3.8, 4) is 0 Å². The number of nitrogens with one attached hydrogen (secondary N) is 3. The normalized spacial score (nSPS) is 13.9. The van der Waals surface area contributed by atoms with E-state index in [-0.39, 0.29) is 18.3 Å². The van der Waals surface area contributed by atoms with Gasteiger partial charge >= 0.3 is 5.97 Å². The van der Waals surface area contributed by atoms with E-state index in [1.165, 1.54) is 0 Å². The molecule has 3 unspecified atom stereocenters. The molecule has 3 atom stereocenters. The van der Waals surface area contributed by atoms with E-state index in [1.54, 1.807) is 13.8 Å². The zero-order chi connectivity index (χ0) is 23.6. The molecule has 0 aromatic heterocycles. The van der Waals surface area contributed by atoms with Gasteiger partial charge in [0.2, 0.25) is 17.7 Å². The molecule has 0 spiro atoms. The first-order chi connectivity index (χ1) is 14.5. The number of carbonyl (C=O) groups excluding carboxylic acids is 3. The summed E-state index contributed by atoms with van der Waals surface area (Å²) >= 11 is 0. The number of hydrogen-bond donors (Lipinski definition) is 5. The summed E-state index contributed by atoms with van der Waals surface area (Å²) < 4.78 is 0. The van der Waals surface area contributed by atoms with Gasteiger partial charge in [0.1, 0.15) is 18.6 Å². The molecule has 31 heavy (non-hydrogen) atoms. The van der Waals surface area contributed by atoms with Crippen molar-refractivity contribution in [2.24, 2.45) is 17.6 Å². The van der Waals surface area contributed by atoms with Crippen molar-refractivity contribution in [2.75, 3.05) is 6.54 Å². The predicted octanol–water partition coefficient (Wildman–Crippen LogP) is 0.429. The number of carboxylic acids is 1. The molecular formula is C22H34N4O5. The minimum absolute atomic E-state index is 0.213. The van der Waals surface area contributed by atoms with Crippen molar-refractivity contribution in [1.29, 1.82) is 0 Å². The first kappa shape index (κ1) is 26.1. The standard InChI is InChI=1S/C22H34N4O5/c1-13(2)10-16(23)20(29)25-17(11-15-8-6-5-7-9-15)21(30)26-19(14(3)4)22(31)24-12-18(27)28/h5-9,13-14,16-17,19H,10-12,23H2,1-4H3,(H,24,31)(H,25,29)(H,26,30)(H,27,28). The van der Waals surface area contributed by atoms with Crippen molar-refractivity contribution in [1.82, 2.24) is 16.0 Å². The molecule has 0 fully saturated rings. The molecule has 0 bridgehead atoms. The summed E-state index contributed by atoms with van der Waals surface area (Å²) in [5, 5.41) is 16.4. The average molecular weight is 435 g/mol. The zero-order valence-electron chi connectivity index (χ0n) is 18.6. The van der Waals surface area contributed by atoms with Gasteiger partial charge in [-0.1, -0.05) is 58.0 Å². The topological polar surface area (TPSA) is 151 Å². The molecule has 6 N–H and O–H groups in total. The predicted molar refractivity (Wildman–Crippen MR) is 117 cm³/mol. The molecule has 0 aliphatic carbocycles. The fourth-order valence-corrected chi connectivity index (χ4v) is 3.01. The van der Waals surface area contributed by atoms with Crippen LogP contribution in [0.1, 0.15) is 39.7 Å². The average Bonchev–Trinajstić information content (AvgIpc) is 2.69. The lowest BCUT2D eigenvalue weighted by molar-refractivity contribution is -0.139. The van der Waals surface area contributed by atoms with Gasteiger partial charge in [-0.05, 0) is 23.8 Å². The molecule has 0 aliphatic rings. The number of nitrogens with two attached hydrogens (primary N) is 1. The number of aliphatic carboxylic acids is 1. The van der Waals surface area contributed by atoms with Crippen LogP contribution in [0, 0.1) is 11.8 Å². The van der Waals surface area contributed by atoms with Gasteiger partial charge < -0.3 is 26.8 Å². The first-order valence-electron chi connectivity index (χ1n) is 10.4. The van der Waals surface area contributed by atoms with Crippen molar-refractivity contribution in [3.63, 3.8) is 0 Å². The van der Waals surface area contributed by atoms with Gasteiger partial charge in [0.05, 0.1) is 6.04 Å². The van der Waals surface area contributed by atoms with Gasteiger partial charge in [-0.3, -0.25) is 19.2 Å². The van der Waals surface area contributed by atoms with E-state index in [1.807, 2.05) is 44.2 Å². The van der Waals surface area contributed by atoms with Crippen LogP contribution >= 0.6 is 0 Å². The number of carbonyl (C=O) groups is 4. The maximum absolute atomic E-state index is 13.0. The second-order valence-electron chi connectivity index (χ2n) is 8.33. The van der Waals surface area contributed by atoms with E-state index in [2.05, 4.69) is 16.0 Å². The molecule has 1 rings (SSSR count). The Balaban J connectivity index is 2.98. The molecule has 0 aliphatic heterocycles. The van der Waals surface area contributed by atoms with E-state index in [0.29, 0.717) is 6.42 Å². The highest BCUT2D eigenvalue weighted by Gasteiger charge is 2.30. The van der Waals surface area contributed by atoms with Crippen LogP contribution in [0.25, 0.3) is 0 Å². The number of benzene rings is 1. The summed E-state index contributed by atoms with van der Waals surface area (Å²) in [6.07, 6.45) is 0.687. The van der Waals surface area contributed by atoms with E-state index in [4.69, 9.17) is 10.8 Å². The fourth-order valence-electron chi connectivity index (χ4n) is 3.01. The number of rotatable bonds is 12. The zero-order valence-corrected chi connectivity index (χ0v) is 18.6. The van der Waals surface area contributed by atoms with Gasteiger partial charge in [-0.15, -0.1) is 0 Å². The summed E-state index contributed by atoms with van der Waals surface area (Å²) in [5.74, 6) is -2.86. The summed E-state index contributed by atoms with van der Waals surface area (Å²) in [5.41, 5.74) is 6.79. The summed E-state index contributed by atoms with van der Waals surface area (Å²) in [7, 11) is 0. The second-order valence-corrected chi connectivity index (χ2v) is 8.33. The Bertz CT molecular complexity index is 752. The lowest BCUT2D eigenvalue weighted by atomic mass is 10.00. The van der Waals surface area contributed by atoms with Crippen LogP contribution in [0.2, 0.25) is 0 Å². The van der Waals surface area contributed by atoms with Crippen LogP contribution in [0.15, 0.2) is 30.3 Å². The summed E-state index contributed by atoms with van der Waals surface area (Å²) in [6.45, 7) is 6.81. The molecule has 9 heteroatoms. The van der Waals surface area contributed by atoms with Crippen LogP contribution < -0.4 is 21.7 Å². The SMILES string of the molecule is CC(C)CC(N)C(=O)NC(Cc1ccccc1)C(=O)NC(C(=O)NCC(=O)O)C(C)C. The highest BCUT2D eigenvalue weighted by Crippen LogP contribution is 2.08. The summed E-state index contributed by atoms with van der Waals surface area (Å²) in [6, 6.07) is 6.51. The molecule has 1 aromatic carbocycles. The number of hydrogen-bond acceptors (Lipinski definition) is 5. The Morgan fingerprint density at radius 1 is 0.935 bits per heavy atom. The van der Waals surface area contributed by atoms with Crippen LogP contribution in [0.5, 0.6) is 0 Å². The molecule has 1 aromatic rings. The van der Waals surface area contributed by atoms with E-state index < -0.39 is 48.4 Å². The number of carboxylic acid groups (broad SMARTS) is 1. The van der Waals surface area contributed by atoms with E-state index >= 15 is 0 Å². The molecule has 172 valence electrons. The number of amides is 3. The Kier molecular flexibility index (Phi) is 10.7. The highest BCUT2D eigenvalue weighted by molar-refractivity contribution is 5.93. The van der Waals surface area contributed by atoms with Crippen LogP contribution in [-0.2, 0) is 25.6 Å². The lowest BCUT2D eigenvalue weighted by Crippen LogP contribution is -2.58. The molecular weight excluding hydrogens is 400 g/mol. The van der Waals surface area contributed by atoms with Crippen molar-refractivity contribution in [3.05, 3.63) is 35.9 Å². The third kappa shape index (κ3) is 9.61.